The molecule has 2 aromatic heterocycles. The summed E-state index contributed by atoms with van der Waals surface area (Å²) >= 11 is 0. The first-order chi connectivity index (χ1) is 8.61. The van der Waals surface area contributed by atoms with E-state index in [2.05, 4.69) is 20.3 Å². The molecule has 0 unspecified atom stereocenters. The van der Waals surface area contributed by atoms with Crippen molar-refractivity contribution in [2.45, 2.75) is 6.54 Å². The number of nitrogens with two attached hydrogens (primary N) is 1. The predicted octanol–water partition coefficient (Wildman–Crippen LogP) is 0.471. The van der Waals surface area contributed by atoms with E-state index in [4.69, 9.17) is 10.8 Å². The molecule has 0 aliphatic carbocycles. The van der Waals surface area contributed by atoms with Crippen molar-refractivity contribution in [1.29, 1.82) is 0 Å². The van der Waals surface area contributed by atoms with E-state index in [1.165, 1.54) is 6.07 Å². The minimum absolute atomic E-state index is 0.109. The van der Waals surface area contributed by atoms with E-state index in [1.807, 2.05) is 0 Å². The average molecular weight is 247 g/mol. The average Bonchev–Trinajstić information content (AvgIpc) is 2.81. The zero-order valence-electron chi connectivity index (χ0n) is 9.77. The number of carboxylic acid groups (broad SMARTS) is 1. The number of carbonyl (C=O) groups is 1. The van der Waals surface area contributed by atoms with Crippen molar-refractivity contribution < 1.29 is 9.90 Å². The standard InChI is InChI=1S/C11H13N5O2/c1-13-3-7-5-15-11(12)16-9(7)6-2-8(10(17)18)14-4-6/h2,4-5,13-14H,3H2,1H3,(H,17,18)(H2,12,15,16). The van der Waals surface area contributed by atoms with Gasteiger partial charge in [0.25, 0.3) is 0 Å². The lowest BCUT2D eigenvalue weighted by Gasteiger charge is -2.06. The van der Waals surface area contributed by atoms with Gasteiger partial charge < -0.3 is 21.1 Å². The van der Waals surface area contributed by atoms with Crippen molar-refractivity contribution in [2.75, 3.05) is 12.8 Å². The van der Waals surface area contributed by atoms with E-state index in [9.17, 15) is 4.79 Å². The fraction of sp³-hybridized carbons (Fsp3) is 0.182. The number of carboxylic acids is 1. The topological polar surface area (TPSA) is 117 Å². The maximum absolute atomic E-state index is 10.8. The summed E-state index contributed by atoms with van der Waals surface area (Å²) in [6.45, 7) is 0.573. The molecule has 18 heavy (non-hydrogen) atoms. The van der Waals surface area contributed by atoms with Crippen LogP contribution in [-0.4, -0.2) is 33.1 Å². The molecule has 2 aromatic rings. The summed E-state index contributed by atoms with van der Waals surface area (Å²) in [5.74, 6) is -0.860. The van der Waals surface area contributed by atoms with Gasteiger partial charge in [-0.05, 0) is 13.1 Å². The van der Waals surface area contributed by atoms with Crippen molar-refractivity contribution in [1.82, 2.24) is 20.3 Å². The number of nitrogens with one attached hydrogen (secondary N) is 2. The number of anilines is 1. The van der Waals surface area contributed by atoms with Gasteiger partial charge in [-0.3, -0.25) is 0 Å². The van der Waals surface area contributed by atoms with Gasteiger partial charge in [-0.2, -0.15) is 0 Å². The van der Waals surface area contributed by atoms with Crippen molar-refractivity contribution >= 4 is 11.9 Å². The number of hydrogen-bond acceptors (Lipinski definition) is 5. The van der Waals surface area contributed by atoms with Crippen LogP contribution >= 0.6 is 0 Å². The molecule has 0 aliphatic heterocycles. The number of nitrogen functional groups attached to an aromatic ring is 1. The van der Waals surface area contributed by atoms with Gasteiger partial charge in [0.15, 0.2) is 0 Å². The second-order valence-corrected chi connectivity index (χ2v) is 3.74. The number of aromatic carboxylic acids is 1. The Morgan fingerprint density at radius 1 is 1.61 bits per heavy atom. The highest BCUT2D eigenvalue weighted by atomic mass is 16.4. The number of aromatic nitrogens is 3. The van der Waals surface area contributed by atoms with Gasteiger partial charge >= 0.3 is 5.97 Å². The first-order valence-electron chi connectivity index (χ1n) is 5.30. The molecule has 5 N–H and O–H groups in total. The summed E-state index contributed by atoms with van der Waals surface area (Å²) in [6, 6.07) is 1.52. The highest BCUT2D eigenvalue weighted by Crippen LogP contribution is 2.22. The molecule has 0 radical (unpaired) electrons. The molecule has 0 aromatic carbocycles. The zero-order chi connectivity index (χ0) is 13.1. The normalized spacial score (nSPS) is 10.5. The van der Waals surface area contributed by atoms with Crippen LogP contribution in [0.4, 0.5) is 5.95 Å². The van der Waals surface area contributed by atoms with Crippen LogP contribution in [0.15, 0.2) is 18.5 Å². The van der Waals surface area contributed by atoms with Gasteiger partial charge in [-0.25, -0.2) is 14.8 Å². The maximum atomic E-state index is 10.8. The summed E-state index contributed by atoms with van der Waals surface area (Å²) in [4.78, 5) is 21.6. The van der Waals surface area contributed by atoms with E-state index >= 15 is 0 Å². The molecule has 0 fully saturated rings. The molecule has 0 saturated heterocycles. The fourth-order valence-corrected chi connectivity index (χ4v) is 1.64. The number of rotatable bonds is 4. The third-order valence-electron chi connectivity index (χ3n) is 2.44. The van der Waals surface area contributed by atoms with Crippen molar-refractivity contribution in [3.05, 3.63) is 29.7 Å². The van der Waals surface area contributed by atoms with Gasteiger partial charge in [0.05, 0.1) is 5.69 Å². The van der Waals surface area contributed by atoms with Crippen LogP contribution in [0.2, 0.25) is 0 Å². The molecular formula is C11H13N5O2. The van der Waals surface area contributed by atoms with Gasteiger partial charge in [-0.15, -0.1) is 0 Å². The van der Waals surface area contributed by atoms with Gasteiger partial charge in [0, 0.05) is 30.1 Å². The van der Waals surface area contributed by atoms with Crippen LogP contribution in [0.25, 0.3) is 11.3 Å². The number of nitrogens with zero attached hydrogens (tertiary/aromatic N) is 2. The molecule has 0 amide bonds. The predicted molar refractivity (Wildman–Crippen MR) is 66.0 cm³/mol. The van der Waals surface area contributed by atoms with E-state index in [0.717, 1.165) is 5.56 Å². The zero-order valence-corrected chi connectivity index (χ0v) is 9.77. The molecule has 2 rings (SSSR count). The fourth-order valence-electron chi connectivity index (χ4n) is 1.64. The van der Waals surface area contributed by atoms with Crippen LogP contribution in [-0.2, 0) is 6.54 Å². The Labute approximate surface area is 103 Å². The van der Waals surface area contributed by atoms with Crippen LogP contribution < -0.4 is 11.1 Å². The van der Waals surface area contributed by atoms with E-state index in [0.29, 0.717) is 17.8 Å². The molecule has 0 atom stereocenters. The molecule has 7 nitrogen and oxygen atoms in total. The molecule has 0 spiro atoms. The van der Waals surface area contributed by atoms with Gasteiger partial charge in [-0.1, -0.05) is 0 Å². The third-order valence-corrected chi connectivity index (χ3v) is 2.44. The molecule has 0 saturated carbocycles. The third kappa shape index (κ3) is 2.30. The molecule has 0 bridgehead atoms. The number of H-pyrrole nitrogens is 1. The SMILES string of the molecule is CNCc1cnc(N)nc1-c1c[nH]c(C(=O)O)c1. The van der Waals surface area contributed by atoms with E-state index < -0.39 is 5.97 Å². The van der Waals surface area contributed by atoms with Crippen LogP contribution in [0.3, 0.4) is 0 Å². The van der Waals surface area contributed by atoms with E-state index in [1.54, 1.807) is 19.4 Å². The summed E-state index contributed by atoms with van der Waals surface area (Å²) < 4.78 is 0. The summed E-state index contributed by atoms with van der Waals surface area (Å²) in [6.07, 6.45) is 3.21. The minimum atomic E-state index is -1.02. The summed E-state index contributed by atoms with van der Waals surface area (Å²) in [7, 11) is 1.81. The Morgan fingerprint density at radius 3 is 3.00 bits per heavy atom. The molecule has 7 heteroatoms. The minimum Gasteiger partial charge on any atom is -0.477 e. The quantitative estimate of drug-likeness (QED) is 0.624. The van der Waals surface area contributed by atoms with Crippen molar-refractivity contribution in [3.63, 3.8) is 0 Å². The van der Waals surface area contributed by atoms with Gasteiger partial charge in [0.2, 0.25) is 5.95 Å². The summed E-state index contributed by atoms with van der Waals surface area (Å²) in [5, 5.41) is 11.9. The first kappa shape index (κ1) is 12.1. The Morgan fingerprint density at radius 2 is 2.39 bits per heavy atom. The maximum Gasteiger partial charge on any atom is 0.352 e. The second kappa shape index (κ2) is 4.84. The lowest BCUT2D eigenvalue weighted by atomic mass is 10.1. The van der Waals surface area contributed by atoms with Gasteiger partial charge in [0.1, 0.15) is 5.69 Å². The smallest absolute Gasteiger partial charge is 0.352 e. The van der Waals surface area contributed by atoms with Crippen molar-refractivity contribution in [3.8, 4) is 11.3 Å². The Kier molecular flexibility index (Phi) is 3.24. The molecule has 94 valence electrons. The molecular weight excluding hydrogens is 234 g/mol. The van der Waals surface area contributed by atoms with E-state index in [-0.39, 0.29) is 11.6 Å². The summed E-state index contributed by atoms with van der Waals surface area (Å²) in [5.41, 5.74) is 7.82. The van der Waals surface area contributed by atoms with Crippen molar-refractivity contribution in [2.24, 2.45) is 0 Å². The molecule has 2 heterocycles. The lowest BCUT2D eigenvalue weighted by molar-refractivity contribution is 0.0691. The largest absolute Gasteiger partial charge is 0.477 e. The highest BCUT2D eigenvalue weighted by molar-refractivity contribution is 5.87. The first-order valence-corrected chi connectivity index (χ1v) is 5.30. The second-order valence-electron chi connectivity index (χ2n) is 3.74. The highest BCUT2D eigenvalue weighted by Gasteiger charge is 2.12. The Balaban J connectivity index is 2.47. The lowest BCUT2D eigenvalue weighted by Crippen LogP contribution is -2.09. The number of aromatic amines is 1. The molecule has 0 aliphatic rings. The monoisotopic (exact) mass is 247 g/mol. The number of hydrogen-bond donors (Lipinski definition) is 4. The van der Waals surface area contributed by atoms with Crippen LogP contribution in [0.1, 0.15) is 16.1 Å². The Hall–Kier alpha value is -2.41. The Bertz CT molecular complexity index is 579. The van der Waals surface area contributed by atoms with Crippen LogP contribution in [0.5, 0.6) is 0 Å². The van der Waals surface area contributed by atoms with Crippen LogP contribution in [0, 0.1) is 0 Å².